The molecule has 1 aliphatic carbocycles. The third-order valence-corrected chi connectivity index (χ3v) is 4.81. The number of carbonyl (C=O) groups excluding carboxylic acids is 1. The Kier molecular flexibility index (Phi) is 8.25. The molecule has 0 heterocycles. The number of carbonyl (C=O) groups is 1. The number of nitrogens with zero attached hydrogens (tertiary/aromatic N) is 3. The minimum atomic E-state index is -0.773. The number of rotatable bonds is 7. The first-order chi connectivity index (χ1) is 14.7. The Hall–Kier alpha value is -3.74. The third kappa shape index (κ3) is 7.54. The smallest absolute Gasteiger partial charge is 0.411 e. The first kappa shape index (κ1) is 23.5. The van der Waals surface area contributed by atoms with Crippen LogP contribution in [0.4, 0.5) is 16.2 Å². The summed E-state index contributed by atoms with van der Waals surface area (Å²) in [4.78, 5) is 24.5. The van der Waals surface area contributed by atoms with Gasteiger partial charge in [0.05, 0.1) is 17.5 Å². The van der Waals surface area contributed by atoms with Crippen molar-refractivity contribution < 1.29 is 14.6 Å². The number of anilines is 1. The van der Waals surface area contributed by atoms with E-state index in [1.165, 1.54) is 0 Å². The fraction of sp³-hybridized carbons (Fsp3) is 0.444. The fourth-order valence-electron chi connectivity index (χ4n) is 3.39. The lowest BCUT2D eigenvalue weighted by molar-refractivity contribution is -0.0334. The topological polar surface area (TPSA) is 252 Å². The molecule has 0 radical (unpaired) electrons. The number of aliphatic hydroxyl groups is 1. The van der Waals surface area contributed by atoms with Gasteiger partial charge in [-0.3, -0.25) is 15.3 Å². The van der Waals surface area contributed by atoms with Crippen molar-refractivity contribution in [2.75, 3.05) is 18.4 Å². The van der Waals surface area contributed by atoms with E-state index in [0.29, 0.717) is 17.8 Å². The average molecular weight is 435 g/mol. The van der Waals surface area contributed by atoms with Gasteiger partial charge in [0.25, 0.3) is 0 Å². The predicted molar refractivity (Wildman–Crippen MR) is 119 cm³/mol. The molecule has 170 valence electrons. The molecule has 1 aromatic rings. The third-order valence-electron chi connectivity index (χ3n) is 4.81. The molecule has 0 unspecified atom stereocenters. The number of para-hydroxylation sites is 2. The fourth-order valence-corrected chi connectivity index (χ4v) is 3.39. The Morgan fingerprint density at radius 3 is 2.19 bits per heavy atom. The van der Waals surface area contributed by atoms with Crippen molar-refractivity contribution in [2.45, 2.75) is 25.0 Å². The van der Waals surface area contributed by atoms with Gasteiger partial charge in [0, 0.05) is 31.3 Å². The molecule has 13 heteroatoms. The monoisotopic (exact) mass is 434 g/mol. The van der Waals surface area contributed by atoms with Crippen LogP contribution in [-0.2, 0) is 4.74 Å². The van der Waals surface area contributed by atoms with Crippen molar-refractivity contribution in [3.63, 3.8) is 0 Å². The molecule has 2 rings (SSSR count). The molecule has 1 saturated carbocycles. The maximum Gasteiger partial charge on any atom is 0.411 e. The van der Waals surface area contributed by atoms with Gasteiger partial charge in [-0.25, -0.2) is 9.79 Å². The number of guanidine groups is 3. The summed E-state index contributed by atoms with van der Waals surface area (Å²) in [6.45, 7) is 0.461. The van der Waals surface area contributed by atoms with Crippen LogP contribution < -0.4 is 39.7 Å². The quantitative estimate of drug-likeness (QED) is 0.182. The van der Waals surface area contributed by atoms with Crippen molar-refractivity contribution in [3.8, 4) is 0 Å². The Morgan fingerprint density at radius 2 is 1.58 bits per heavy atom. The molecular formula is C18H30N10O3. The van der Waals surface area contributed by atoms with Crippen molar-refractivity contribution in [3.05, 3.63) is 24.3 Å². The first-order valence-corrected chi connectivity index (χ1v) is 9.60. The largest absolute Gasteiger partial charge is 0.446 e. The molecule has 1 aromatic carbocycles. The van der Waals surface area contributed by atoms with E-state index in [9.17, 15) is 9.90 Å². The second-order valence-electron chi connectivity index (χ2n) is 7.21. The van der Waals surface area contributed by atoms with Crippen molar-refractivity contribution in [1.82, 2.24) is 0 Å². The summed E-state index contributed by atoms with van der Waals surface area (Å²) in [6.07, 6.45) is -1.50. The summed E-state index contributed by atoms with van der Waals surface area (Å²) in [5.41, 5.74) is 33.2. The minimum Gasteiger partial charge on any atom is -0.446 e. The minimum absolute atomic E-state index is 0.0647. The van der Waals surface area contributed by atoms with Gasteiger partial charge in [-0.05, 0) is 18.6 Å². The molecular weight excluding hydrogens is 404 g/mol. The Balaban J connectivity index is 2.12. The van der Waals surface area contributed by atoms with Gasteiger partial charge < -0.3 is 44.2 Å². The molecule has 14 N–H and O–H groups in total. The summed E-state index contributed by atoms with van der Waals surface area (Å²) in [5, 5.41) is 13.1. The maximum absolute atomic E-state index is 12.5. The SMILES string of the molecule is NC(N)=NC[C@@H]1C[C@H](CN=C(N)N)[C@@H](OC(=O)Nc2ccccc2N=C(N)N)C[C@H]1O. The summed E-state index contributed by atoms with van der Waals surface area (Å²) in [5.74, 6) is -0.774. The number of nitrogens with one attached hydrogen (secondary N) is 1. The molecule has 0 spiro atoms. The summed E-state index contributed by atoms with van der Waals surface area (Å²) < 4.78 is 5.59. The summed E-state index contributed by atoms with van der Waals surface area (Å²) >= 11 is 0. The normalized spacial score (nSPS) is 22.6. The van der Waals surface area contributed by atoms with Crippen LogP contribution in [0, 0.1) is 11.8 Å². The number of benzene rings is 1. The Morgan fingerprint density at radius 1 is 0.968 bits per heavy atom. The molecule has 4 atom stereocenters. The van der Waals surface area contributed by atoms with Gasteiger partial charge in [-0.15, -0.1) is 0 Å². The molecule has 0 aliphatic heterocycles. The highest BCUT2D eigenvalue weighted by Crippen LogP contribution is 2.33. The van der Waals surface area contributed by atoms with E-state index < -0.39 is 18.3 Å². The van der Waals surface area contributed by atoms with E-state index in [1.54, 1.807) is 24.3 Å². The van der Waals surface area contributed by atoms with E-state index in [-0.39, 0.29) is 49.2 Å². The number of aliphatic imine (C=N–C) groups is 3. The molecule has 0 bridgehead atoms. The second kappa shape index (κ2) is 10.9. The van der Waals surface area contributed by atoms with E-state index in [0.717, 1.165) is 0 Å². The lowest BCUT2D eigenvalue weighted by Gasteiger charge is -2.37. The number of hydrogen-bond acceptors (Lipinski definition) is 6. The average Bonchev–Trinajstić information content (AvgIpc) is 2.67. The summed E-state index contributed by atoms with van der Waals surface area (Å²) in [6, 6.07) is 6.69. The van der Waals surface area contributed by atoms with E-state index in [1.807, 2.05) is 0 Å². The number of amides is 1. The molecule has 1 aliphatic rings. The zero-order valence-corrected chi connectivity index (χ0v) is 17.0. The van der Waals surface area contributed by atoms with E-state index in [2.05, 4.69) is 20.3 Å². The number of nitrogens with two attached hydrogens (primary N) is 6. The zero-order chi connectivity index (χ0) is 23.0. The van der Waals surface area contributed by atoms with Crippen LogP contribution in [0.3, 0.4) is 0 Å². The highest BCUT2D eigenvalue weighted by atomic mass is 16.6. The lowest BCUT2D eigenvalue weighted by Crippen LogP contribution is -2.44. The summed E-state index contributed by atoms with van der Waals surface area (Å²) in [7, 11) is 0. The van der Waals surface area contributed by atoms with Gasteiger partial charge in [0.2, 0.25) is 0 Å². The van der Waals surface area contributed by atoms with E-state index in [4.69, 9.17) is 39.1 Å². The molecule has 1 amide bonds. The molecule has 13 nitrogen and oxygen atoms in total. The Bertz CT molecular complexity index is 845. The number of ether oxygens (including phenoxy) is 1. The lowest BCUT2D eigenvalue weighted by atomic mass is 9.77. The molecule has 1 fully saturated rings. The van der Waals surface area contributed by atoms with Crippen LogP contribution in [0.5, 0.6) is 0 Å². The van der Waals surface area contributed by atoms with Crippen LogP contribution in [0.2, 0.25) is 0 Å². The van der Waals surface area contributed by atoms with Crippen LogP contribution in [0.25, 0.3) is 0 Å². The zero-order valence-electron chi connectivity index (χ0n) is 17.0. The molecule has 0 aromatic heterocycles. The van der Waals surface area contributed by atoms with Gasteiger partial charge in [-0.1, -0.05) is 12.1 Å². The standard InChI is InChI=1S/C18H30N10O3/c19-15(20)25-7-9-5-10(8-26-16(21)22)14(6-13(9)29)31-18(30)28-12-4-2-1-3-11(12)27-17(23)24/h1-4,9-10,13-14,29H,5-8H2,(H,28,30)(H4,19,20,25)(H4,21,22,26)(H4,23,24,27)/t9-,10+,13+,14-/m0/s1. The first-order valence-electron chi connectivity index (χ1n) is 9.60. The highest BCUT2D eigenvalue weighted by Gasteiger charge is 2.38. The predicted octanol–water partition coefficient (Wildman–Crippen LogP) is -1.56. The van der Waals surface area contributed by atoms with E-state index >= 15 is 0 Å². The number of aliphatic hydroxyl groups excluding tert-OH is 1. The van der Waals surface area contributed by atoms with Crippen molar-refractivity contribution in [2.24, 2.45) is 61.2 Å². The number of hydrogen-bond donors (Lipinski definition) is 8. The van der Waals surface area contributed by atoms with Gasteiger partial charge in [-0.2, -0.15) is 0 Å². The van der Waals surface area contributed by atoms with Crippen LogP contribution in [0.15, 0.2) is 39.2 Å². The maximum atomic E-state index is 12.5. The van der Waals surface area contributed by atoms with Crippen molar-refractivity contribution in [1.29, 1.82) is 0 Å². The Labute approximate surface area is 179 Å². The van der Waals surface area contributed by atoms with Gasteiger partial charge in [0.15, 0.2) is 17.9 Å². The van der Waals surface area contributed by atoms with Crippen molar-refractivity contribution >= 4 is 35.3 Å². The van der Waals surface area contributed by atoms with Gasteiger partial charge >= 0.3 is 6.09 Å². The van der Waals surface area contributed by atoms with Crippen LogP contribution in [0.1, 0.15) is 12.8 Å². The van der Waals surface area contributed by atoms with Crippen LogP contribution in [-0.4, -0.2) is 54.4 Å². The van der Waals surface area contributed by atoms with Crippen LogP contribution >= 0.6 is 0 Å². The molecule has 0 saturated heterocycles. The highest BCUT2D eigenvalue weighted by molar-refractivity contribution is 5.90. The van der Waals surface area contributed by atoms with Gasteiger partial charge in [0.1, 0.15) is 6.10 Å². The molecule has 31 heavy (non-hydrogen) atoms. The second-order valence-corrected chi connectivity index (χ2v) is 7.21.